The zero-order valence-electron chi connectivity index (χ0n) is 16.1. The summed E-state index contributed by atoms with van der Waals surface area (Å²) in [5.74, 6) is 0.550. The van der Waals surface area contributed by atoms with Gasteiger partial charge in [0.15, 0.2) is 0 Å². The number of hydrogen-bond acceptors (Lipinski definition) is 7. The Bertz CT molecular complexity index is 642. The van der Waals surface area contributed by atoms with Gasteiger partial charge in [0.1, 0.15) is 12.2 Å². The predicted molar refractivity (Wildman–Crippen MR) is 98.3 cm³/mol. The number of amides is 1. The molecule has 0 aromatic carbocycles. The number of rotatable bonds is 8. The molecule has 2 aliphatic heterocycles. The Hall–Kier alpha value is -1.74. The number of nitrogens with one attached hydrogen (secondary N) is 2. The molecule has 1 aromatic heterocycles. The van der Waals surface area contributed by atoms with E-state index in [1.807, 2.05) is 26.0 Å². The molecule has 2 saturated heterocycles. The van der Waals surface area contributed by atoms with Crippen molar-refractivity contribution in [3.63, 3.8) is 0 Å². The van der Waals surface area contributed by atoms with Crippen molar-refractivity contribution >= 4 is 5.91 Å². The molecule has 0 bridgehead atoms. The average molecular weight is 379 g/mol. The van der Waals surface area contributed by atoms with Gasteiger partial charge in [-0.15, -0.1) is 0 Å². The van der Waals surface area contributed by atoms with E-state index < -0.39 is 6.10 Å². The number of hydrogen-bond donors (Lipinski definition) is 3. The first-order chi connectivity index (χ1) is 13.0. The molecular weight excluding hydrogens is 350 g/mol. The van der Waals surface area contributed by atoms with Crippen molar-refractivity contribution in [2.24, 2.45) is 0 Å². The van der Waals surface area contributed by atoms with E-state index in [0.29, 0.717) is 31.8 Å². The van der Waals surface area contributed by atoms with E-state index in [1.54, 1.807) is 13.3 Å². The van der Waals surface area contributed by atoms with Gasteiger partial charge >= 0.3 is 0 Å². The van der Waals surface area contributed by atoms with Gasteiger partial charge in [-0.1, -0.05) is 6.07 Å². The first kappa shape index (κ1) is 20.0. The lowest BCUT2D eigenvalue weighted by atomic mass is 10.1. The maximum absolute atomic E-state index is 11.9. The normalized spacial score (nSPS) is 29.7. The molecule has 2 aliphatic rings. The summed E-state index contributed by atoms with van der Waals surface area (Å²) >= 11 is 0. The summed E-state index contributed by atoms with van der Waals surface area (Å²) in [6.45, 7) is 4.91. The minimum atomic E-state index is -0.712. The van der Waals surface area contributed by atoms with Crippen LogP contribution in [0.4, 0.5) is 0 Å². The van der Waals surface area contributed by atoms with E-state index in [0.717, 1.165) is 5.56 Å². The van der Waals surface area contributed by atoms with Gasteiger partial charge in [-0.3, -0.25) is 4.79 Å². The van der Waals surface area contributed by atoms with Crippen LogP contribution >= 0.6 is 0 Å². The van der Waals surface area contributed by atoms with E-state index in [9.17, 15) is 9.90 Å². The first-order valence-corrected chi connectivity index (χ1v) is 9.45. The Kier molecular flexibility index (Phi) is 6.64. The molecule has 3 heterocycles. The van der Waals surface area contributed by atoms with Gasteiger partial charge < -0.3 is 30.0 Å². The molecule has 0 radical (unpaired) electrons. The fourth-order valence-corrected chi connectivity index (χ4v) is 3.69. The zero-order chi connectivity index (χ0) is 19.4. The van der Waals surface area contributed by atoms with Crippen LogP contribution in [-0.2, 0) is 20.8 Å². The van der Waals surface area contributed by atoms with Gasteiger partial charge in [0.05, 0.1) is 31.8 Å². The summed E-state index contributed by atoms with van der Waals surface area (Å²) in [5, 5.41) is 16.7. The molecule has 3 rings (SSSR count). The fourth-order valence-electron chi connectivity index (χ4n) is 3.69. The van der Waals surface area contributed by atoms with E-state index >= 15 is 0 Å². The number of carbonyl (C=O) groups is 1. The largest absolute Gasteiger partial charge is 0.481 e. The monoisotopic (exact) mass is 379 g/mol. The van der Waals surface area contributed by atoms with Gasteiger partial charge in [-0.2, -0.15) is 0 Å². The van der Waals surface area contributed by atoms with Crippen LogP contribution < -0.4 is 15.4 Å². The molecule has 0 saturated carbocycles. The Balaban J connectivity index is 1.44. The topological polar surface area (TPSA) is 102 Å². The van der Waals surface area contributed by atoms with Crippen LogP contribution in [0.25, 0.3) is 0 Å². The lowest BCUT2D eigenvalue weighted by Gasteiger charge is -2.20. The molecule has 1 amide bonds. The maximum Gasteiger partial charge on any atom is 0.222 e. The third-order valence-corrected chi connectivity index (χ3v) is 4.85. The maximum atomic E-state index is 11.9. The summed E-state index contributed by atoms with van der Waals surface area (Å²) in [4.78, 5) is 16.0. The molecule has 0 unspecified atom stereocenters. The summed E-state index contributed by atoms with van der Waals surface area (Å²) in [5.41, 5.74) is 0.945. The highest BCUT2D eigenvalue weighted by Gasteiger charge is 2.50. The summed E-state index contributed by atoms with van der Waals surface area (Å²) in [7, 11) is 1.59. The quantitative estimate of drug-likeness (QED) is 0.600. The van der Waals surface area contributed by atoms with Crippen molar-refractivity contribution in [2.45, 2.75) is 69.8 Å². The molecule has 27 heavy (non-hydrogen) atoms. The molecule has 3 N–H and O–H groups in total. The van der Waals surface area contributed by atoms with E-state index in [1.165, 1.54) is 0 Å². The Labute approximate surface area is 159 Å². The van der Waals surface area contributed by atoms with Crippen molar-refractivity contribution < 1.29 is 24.1 Å². The molecule has 5 atom stereocenters. The number of aromatic nitrogens is 1. The number of pyridine rings is 1. The SMILES string of the molecule is COc1ncccc1CNC[C@H]1O[C@@H]2C[C@@H](CC(=O)NC(C)C)O[C@@H]2[C@@H]1O. The Morgan fingerprint density at radius 2 is 2.26 bits per heavy atom. The molecule has 8 nitrogen and oxygen atoms in total. The van der Waals surface area contributed by atoms with Crippen LogP contribution in [0.5, 0.6) is 5.88 Å². The number of aliphatic hydroxyl groups excluding tert-OH is 1. The third kappa shape index (κ3) is 4.95. The summed E-state index contributed by atoms with van der Waals surface area (Å²) in [6, 6.07) is 3.90. The van der Waals surface area contributed by atoms with E-state index in [4.69, 9.17) is 14.2 Å². The van der Waals surface area contributed by atoms with Gasteiger partial charge in [-0.05, 0) is 19.9 Å². The molecule has 0 aliphatic carbocycles. The van der Waals surface area contributed by atoms with Crippen molar-refractivity contribution in [1.82, 2.24) is 15.6 Å². The van der Waals surface area contributed by atoms with Crippen molar-refractivity contribution in [2.75, 3.05) is 13.7 Å². The lowest BCUT2D eigenvalue weighted by molar-refractivity contribution is -0.125. The standard InChI is InChI=1S/C19H29N3O5/c1-11(2)22-16(23)8-13-7-14-18(26-13)17(24)15(27-14)10-20-9-12-5-4-6-21-19(12)25-3/h4-6,11,13-15,17-18,20,24H,7-10H2,1-3H3,(H,22,23)/t13-,14+,15+,17+,18-/m0/s1. The Morgan fingerprint density at radius 1 is 1.44 bits per heavy atom. The number of carbonyl (C=O) groups excluding carboxylic acids is 1. The van der Waals surface area contributed by atoms with Gasteiger partial charge in [-0.25, -0.2) is 4.98 Å². The lowest BCUT2D eigenvalue weighted by Crippen LogP contribution is -2.39. The van der Waals surface area contributed by atoms with E-state index in [2.05, 4.69) is 15.6 Å². The molecule has 0 spiro atoms. The summed E-state index contributed by atoms with van der Waals surface area (Å²) in [6.07, 6.45) is 0.804. The predicted octanol–water partition coefficient (Wildman–Crippen LogP) is 0.380. The molecule has 1 aromatic rings. The zero-order valence-corrected chi connectivity index (χ0v) is 16.1. The summed E-state index contributed by atoms with van der Waals surface area (Å²) < 4.78 is 17.1. The minimum absolute atomic E-state index is 0.0342. The van der Waals surface area contributed by atoms with Crippen LogP contribution in [0, 0.1) is 0 Å². The van der Waals surface area contributed by atoms with Crippen molar-refractivity contribution in [3.05, 3.63) is 23.9 Å². The number of ether oxygens (including phenoxy) is 3. The van der Waals surface area contributed by atoms with Gasteiger partial charge in [0.25, 0.3) is 0 Å². The van der Waals surface area contributed by atoms with Crippen LogP contribution in [0.2, 0.25) is 0 Å². The Morgan fingerprint density at radius 3 is 2.96 bits per heavy atom. The minimum Gasteiger partial charge on any atom is -0.481 e. The molecule has 8 heteroatoms. The van der Waals surface area contributed by atoms with E-state index in [-0.39, 0.29) is 36.4 Å². The smallest absolute Gasteiger partial charge is 0.222 e. The number of nitrogens with zero attached hydrogens (tertiary/aromatic N) is 1. The molecule has 150 valence electrons. The second-order valence-corrected chi connectivity index (χ2v) is 7.39. The molecular formula is C19H29N3O5. The van der Waals surface area contributed by atoms with Gasteiger partial charge in [0.2, 0.25) is 11.8 Å². The second kappa shape index (κ2) is 8.97. The number of methoxy groups -OCH3 is 1. The van der Waals surface area contributed by atoms with Crippen LogP contribution in [0.3, 0.4) is 0 Å². The van der Waals surface area contributed by atoms with Crippen LogP contribution in [0.1, 0.15) is 32.3 Å². The third-order valence-electron chi connectivity index (χ3n) is 4.85. The highest BCUT2D eigenvalue weighted by Crippen LogP contribution is 2.35. The van der Waals surface area contributed by atoms with Crippen LogP contribution in [-0.4, -0.2) is 66.2 Å². The number of fused-ring (bicyclic) bond motifs is 1. The highest BCUT2D eigenvalue weighted by molar-refractivity contribution is 5.76. The van der Waals surface area contributed by atoms with Gasteiger partial charge in [0, 0.05) is 37.3 Å². The van der Waals surface area contributed by atoms with Crippen LogP contribution in [0.15, 0.2) is 18.3 Å². The second-order valence-electron chi connectivity index (χ2n) is 7.39. The fraction of sp³-hybridized carbons (Fsp3) is 0.684. The van der Waals surface area contributed by atoms with Crippen molar-refractivity contribution in [1.29, 1.82) is 0 Å². The first-order valence-electron chi connectivity index (χ1n) is 9.45. The van der Waals surface area contributed by atoms with Crippen molar-refractivity contribution in [3.8, 4) is 5.88 Å². The highest BCUT2D eigenvalue weighted by atomic mass is 16.6. The average Bonchev–Trinajstić information content (AvgIpc) is 3.13. The molecule has 2 fully saturated rings. The number of aliphatic hydroxyl groups is 1.